The van der Waals surface area contributed by atoms with Crippen molar-refractivity contribution in [3.8, 4) is 0 Å². The van der Waals surface area contributed by atoms with E-state index in [1.54, 1.807) is 0 Å². The molecule has 0 aliphatic carbocycles. The first-order valence-electron chi connectivity index (χ1n) is 11.8. The second kappa shape index (κ2) is 14.1. The fraction of sp³-hybridized carbons (Fsp3) is 0.731. The van der Waals surface area contributed by atoms with E-state index in [1.807, 2.05) is 11.8 Å². The summed E-state index contributed by atoms with van der Waals surface area (Å²) in [5, 5.41) is 4.15. The van der Waals surface area contributed by atoms with Gasteiger partial charge in [-0.05, 0) is 43.0 Å². The van der Waals surface area contributed by atoms with Gasteiger partial charge in [-0.3, -0.25) is 4.79 Å². The standard InChI is InChI=1S/C26H45NO2S/c1-8-9-10-11-12-13-18-27-21(4)25(29-24(28)19-26(5,6)7)22-14-16-23(17-15-22)30-20(2)3/h14-17,20-21,25,27H,8-13,18-19H2,1-7H3. The molecule has 30 heavy (non-hydrogen) atoms. The van der Waals surface area contributed by atoms with Crippen molar-refractivity contribution in [2.45, 2.75) is 116 Å². The van der Waals surface area contributed by atoms with Gasteiger partial charge in [-0.2, -0.15) is 0 Å². The van der Waals surface area contributed by atoms with E-state index >= 15 is 0 Å². The number of benzene rings is 1. The highest BCUT2D eigenvalue weighted by molar-refractivity contribution is 7.99. The highest BCUT2D eigenvalue weighted by atomic mass is 32.2. The molecule has 0 heterocycles. The van der Waals surface area contributed by atoms with Crippen LogP contribution in [-0.2, 0) is 9.53 Å². The van der Waals surface area contributed by atoms with Crippen molar-refractivity contribution in [3.63, 3.8) is 0 Å². The molecule has 0 fully saturated rings. The minimum atomic E-state index is -0.266. The highest BCUT2D eigenvalue weighted by Gasteiger charge is 2.26. The topological polar surface area (TPSA) is 38.3 Å². The highest BCUT2D eigenvalue weighted by Crippen LogP contribution is 2.29. The fourth-order valence-corrected chi connectivity index (χ4v) is 4.26. The van der Waals surface area contributed by atoms with E-state index in [2.05, 4.69) is 78.0 Å². The summed E-state index contributed by atoms with van der Waals surface area (Å²) in [7, 11) is 0. The van der Waals surface area contributed by atoms with Crippen LogP contribution < -0.4 is 5.32 Å². The van der Waals surface area contributed by atoms with Crippen LogP contribution in [-0.4, -0.2) is 23.8 Å². The van der Waals surface area contributed by atoms with Crippen molar-refractivity contribution in [1.82, 2.24) is 5.32 Å². The summed E-state index contributed by atoms with van der Waals surface area (Å²) >= 11 is 1.85. The molecule has 0 radical (unpaired) electrons. The third-order valence-corrected chi connectivity index (χ3v) is 5.98. The Bertz CT molecular complexity index is 592. The van der Waals surface area contributed by atoms with Gasteiger partial charge in [0.1, 0.15) is 6.10 Å². The average Bonchev–Trinajstić information content (AvgIpc) is 2.64. The van der Waals surface area contributed by atoms with Crippen molar-refractivity contribution in [3.05, 3.63) is 29.8 Å². The van der Waals surface area contributed by atoms with Crippen molar-refractivity contribution in [2.75, 3.05) is 6.54 Å². The monoisotopic (exact) mass is 435 g/mol. The van der Waals surface area contributed by atoms with Crippen LogP contribution in [0.4, 0.5) is 0 Å². The first kappa shape index (κ1) is 27.0. The molecule has 0 aliphatic heterocycles. The molecular weight excluding hydrogens is 390 g/mol. The van der Waals surface area contributed by atoms with Crippen molar-refractivity contribution in [1.29, 1.82) is 0 Å². The molecule has 0 saturated carbocycles. The smallest absolute Gasteiger partial charge is 0.306 e. The minimum absolute atomic E-state index is 0.0749. The fourth-order valence-electron chi connectivity index (χ4n) is 3.43. The molecule has 1 aromatic rings. The predicted molar refractivity (Wildman–Crippen MR) is 131 cm³/mol. The first-order chi connectivity index (χ1) is 14.1. The lowest BCUT2D eigenvalue weighted by Crippen LogP contribution is -2.35. The van der Waals surface area contributed by atoms with Gasteiger partial charge in [0.2, 0.25) is 0 Å². The molecule has 0 aliphatic rings. The molecule has 0 spiro atoms. The molecule has 172 valence electrons. The number of carbonyl (C=O) groups is 1. The Morgan fingerprint density at radius 1 is 1.00 bits per heavy atom. The largest absolute Gasteiger partial charge is 0.456 e. The maximum Gasteiger partial charge on any atom is 0.306 e. The number of hydrogen-bond acceptors (Lipinski definition) is 4. The molecule has 0 saturated heterocycles. The molecule has 3 nitrogen and oxygen atoms in total. The molecule has 2 atom stereocenters. The summed E-state index contributed by atoms with van der Waals surface area (Å²) in [4.78, 5) is 13.8. The Balaban J connectivity index is 2.73. The van der Waals surface area contributed by atoms with Crippen molar-refractivity contribution in [2.24, 2.45) is 5.41 Å². The molecule has 2 unspecified atom stereocenters. The number of rotatable bonds is 14. The van der Waals surface area contributed by atoms with Gasteiger partial charge in [-0.15, -0.1) is 11.8 Å². The number of carbonyl (C=O) groups excluding carboxylic acids is 1. The molecule has 0 aromatic heterocycles. The summed E-state index contributed by atoms with van der Waals surface area (Å²) in [6.07, 6.45) is 7.85. The van der Waals surface area contributed by atoms with E-state index in [1.165, 1.54) is 43.4 Å². The maximum atomic E-state index is 12.6. The molecule has 0 amide bonds. The average molecular weight is 436 g/mol. The third-order valence-electron chi connectivity index (χ3n) is 4.96. The number of hydrogen-bond donors (Lipinski definition) is 1. The minimum Gasteiger partial charge on any atom is -0.456 e. The zero-order chi connectivity index (χ0) is 22.6. The molecule has 4 heteroatoms. The lowest BCUT2D eigenvalue weighted by Gasteiger charge is -2.27. The SMILES string of the molecule is CCCCCCCCNC(C)C(OC(=O)CC(C)(C)C)c1ccc(SC(C)C)cc1. The van der Waals surface area contributed by atoms with E-state index in [4.69, 9.17) is 4.74 Å². The summed E-state index contributed by atoms with van der Waals surface area (Å²) < 4.78 is 6.00. The molecule has 0 bridgehead atoms. The van der Waals surface area contributed by atoms with Crippen LogP contribution in [0.1, 0.15) is 105 Å². The number of unbranched alkanes of at least 4 members (excludes halogenated alkanes) is 5. The van der Waals surface area contributed by atoms with Crippen molar-refractivity contribution < 1.29 is 9.53 Å². The molecule has 1 rings (SSSR count). The second-order valence-electron chi connectivity index (χ2n) is 9.89. The number of nitrogens with one attached hydrogen (secondary N) is 1. The Morgan fingerprint density at radius 2 is 1.60 bits per heavy atom. The van der Waals surface area contributed by atoms with Crippen LogP contribution in [0.15, 0.2) is 29.2 Å². The van der Waals surface area contributed by atoms with Crippen LogP contribution in [0.2, 0.25) is 0 Å². The van der Waals surface area contributed by atoms with Gasteiger partial charge in [0.05, 0.1) is 6.42 Å². The maximum absolute atomic E-state index is 12.6. The Kier molecular flexibility index (Phi) is 12.7. The molecule has 1 N–H and O–H groups in total. The summed E-state index contributed by atoms with van der Waals surface area (Å²) in [5.74, 6) is -0.124. The predicted octanol–water partition coefficient (Wildman–Crippen LogP) is 7.55. The van der Waals surface area contributed by atoms with E-state index in [9.17, 15) is 4.79 Å². The second-order valence-corrected chi connectivity index (χ2v) is 11.5. The summed E-state index contributed by atoms with van der Waals surface area (Å²) in [6, 6.07) is 8.59. The van der Waals surface area contributed by atoms with Crippen molar-refractivity contribution >= 4 is 17.7 Å². The first-order valence-corrected chi connectivity index (χ1v) is 12.7. The lowest BCUT2D eigenvalue weighted by molar-refractivity contribution is -0.153. The number of esters is 1. The third kappa shape index (κ3) is 12.0. The molecular formula is C26H45NO2S. The normalized spacial score (nSPS) is 14.0. The van der Waals surface area contributed by atoms with Gasteiger partial charge in [-0.1, -0.05) is 85.8 Å². The zero-order valence-electron chi connectivity index (χ0n) is 20.4. The number of thioether (sulfide) groups is 1. The van der Waals surface area contributed by atoms with Gasteiger partial charge in [-0.25, -0.2) is 0 Å². The van der Waals surface area contributed by atoms with Gasteiger partial charge >= 0.3 is 5.97 Å². The Morgan fingerprint density at radius 3 is 2.17 bits per heavy atom. The quantitative estimate of drug-likeness (QED) is 0.186. The lowest BCUT2D eigenvalue weighted by atomic mass is 9.92. The van der Waals surface area contributed by atoms with E-state index < -0.39 is 0 Å². The number of ether oxygens (including phenoxy) is 1. The summed E-state index contributed by atoms with van der Waals surface area (Å²) in [6.45, 7) is 15.9. The Labute approximate surface area is 190 Å². The Hall–Kier alpha value is -1.00. The van der Waals surface area contributed by atoms with Crippen LogP contribution in [0.5, 0.6) is 0 Å². The van der Waals surface area contributed by atoms with Gasteiger partial charge in [0.25, 0.3) is 0 Å². The zero-order valence-corrected chi connectivity index (χ0v) is 21.2. The van der Waals surface area contributed by atoms with E-state index in [0.29, 0.717) is 11.7 Å². The van der Waals surface area contributed by atoms with Crippen LogP contribution in [0.25, 0.3) is 0 Å². The summed E-state index contributed by atoms with van der Waals surface area (Å²) in [5.41, 5.74) is 0.988. The van der Waals surface area contributed by atoms with E-state index in [-0.39, 0.29) is 23.5 Å². The molecule has 1 aromatic carbocycles. The van der Waals surface area contributed by atoms with Crippen LogP contribution in [0.3, 0.4) is 0 Å². The van der Waals surface area contributed by atoms with Gasteiger partial charge in [0, 0.05) is 16.2 Å². The van der Waals surface area contributed by atoms with Crippen LogP contribution >= 0.6 is 11.8 Å². The van der Waals surface area contributed by atoms with Crippen LogP contribution in [0, 0.1) is 5.41 Å². The van der Waals surface area contributed by atoms with Gasteiger partial charge in [0.15, 0.2) is 0 Å². The van der Waals surface area contributed by atoms with Gasteiger partial charge < -0.3 is 10.1 Å². The van der Waals surface area contributed by atoms with E-state index in [0.717, 1.165) is 12.1 Å².